The average Bonchev–Trinajstić information content (AvgIpc) is 1.86. The Morgan fingerprint density at radius 1 is 1.55 bits per heavy atom. The average molecular weight is 172 g/mol. The molecule has 0 aromatic rings. The second-order valence-electron chi connectivity index (χ2n) is 2.73. The van der Waals surface area contributed by atoms with Crippen LogP contribution in [-0.2, 0) is 4.79 Å². The Hall–Kier alpha value is -0.240. The van der Waals surface area contributed by atoms with Gasteiger partial charge in [-0.1, -0.05) is 19.1 Å². The summed E-state index contributed by atoms with van der Waals surface area (Å²) in [5.74, 6) is 2.04. The van der Waals surface area contributed by atoms with Crippen molar-refractivity contribution < 1.29 is 4.79 Å². The van der Waals surface area contributed by atoms with Gasteiger partial charge in [-0.15, -0.1) is 0 Å². The predicted molar refractivity (Wildman–Crippen MR) is 52.1 cm³/mol. The molecule has 0 aliphatic carbocycles. The zero-order chi connectivity index (χ0) is 8.69. The molecule has 0 rings (SSSR count). The third-order valence-electron chi connectivity index (χ3n) is 1.11. The van der Waals surface area contributed by atoms with Gasteiger partial charge >= 0.3 is 0 Å². The number of Topliss-reactive ketones (excluding diaryl/α,β-unsaturated/α-hetero) is 1. The Labute approximate surface area is 73.3 Å². The lowest BCUT2D eigenvalue weighted by molar-refractivity contribution is -0.115. The zero-order valence-corrected chi connectivity index (χ0v) is 8.17. The maximum absolute atomic E-state index is 11.0. The van der Waals surface area contributed by atoms with Gasteiger partial charge in [0.2, 0.25) is 0 Å². The van der Waals surface area contributed by atoms with Crippen molar-refractivity contribution in [1.29, 1.82) is 0 Å². The minimum absolute atomic E-state index is 0.302. The van der Waals surface area contributed by atoms with E-state index in [4.69, 9.17) is 0 Å². The first-order chi connectivity index (χ1) is 5.16. The second kappa shape index (κ2) is 6.47. The van der Waals surface area contributed by atoms with Gasteiger partial charge in [-0.05, 0) is 19.1 Å². The predicted octanol–water partition coefficient (Wildman–Crippen LogP) is 2.66. The molecule has 0 aromatic heterocycles. The highest BCUT2D eigenvalue weighted by Crippen LogP contribution is 2.05. The van der Waals surface area contributed by atoms with Crippen molar-refractivity contribution in [1.82, 2.24) is 0 Å². The maximum atomic E-state index is 11.0. The van der Waals surface area contributed by atoms with Crippen LogP contribution in [0.2, 0.25) is 0 Å². The molecule has 0 N–H and O–H groups in total. The number of allylic oxidation sites excluding steroid dienone is 1. The Balaban J connectivity index is 3.30. The number of rotatable bonds is 6. The number of hydrogen-bond acceptors (Lipinski definition) is 2. The second-order valence-corrected chi connectivity index (χ2v) is 3.83. The van der Waals surface area contributed by atoms with Gasteiger partial charge in [0.25, 0.3) is 0 Å². The molecule has 64 valence electrons. The van der Waals surface area contributed by atoms with Gasteiger partial charge in [-0.2, -0.15) is 11.8 Å². The van der Waals surface area contributed by atoms with E-state index in [1.54, 1.807) is 11.8 Å². The van der Waals surface area contributed by atoms with Gasteiger partial charge in [-0.3, -0.25) is 4.79 Å². The highest BCUT2D eigenvalue weighted by molar-refractivity contribution is 7.99. The third kappa shape index (κ3) is 7.66. The van der Waals surface area contributed by atoms with Crippen molar-refractivity contribution in [3.8, 4) is 0 Å². The summed E-state index contributed by atoms with van der Waals surface area (Å²) in [6, 6.07) is 0. The summed E-state index contributed by atoms with van der Waals surface area (Å²) >= 11 is 1.71. The van der Waals surface area contributed by atoms with Crippen LogP contribution in [0.3, 0.4) is 0 Å². The van der Waals surface area contributed by atoms with Gasteiger partial charge in [0.05, 0.1) is 5.75 Å². The molecule has 0 unspecified atom stereocenters. The molecule has 0 heterocycles. The fourth-order valence-corrected chi connectivity index (χ4v) is 1.48. The summed E-state index contributed by atoms with van der Waals surface area (Å²) in [5, 5.41) is 0. The molecule has 0 spiro atoms. The van der Waals surface area contributed by atoms with Crippen molar-refractivity contribution in [3.63, 3.8) is 0 Å². The van der Waals surface area contributed by atoms with E-state index in [0.717, 1.165) is 17.7 Å². The fraction of sp³-hybridized carbons (Fsp3) is 0.667. The summed E-state index contributed by atoms with van der Waals surface area (Å²) in [6.07, 6.45) is 1.70. The molecule has 0 fully saturated rings. The fourth-order valence-electron chi connectivity index (χ4n) is 0.718. The molecule has 0 aliphatic rings. The minimum Gasteiger partial charge on any atom is -0.298 e. The van der Waals surface area contributed by atoms with Crippen LogP contribution in [0.5, 0.6) is 0 Å². The van der Waals surface area contributed by atoms with Crippen LogP contribution >= 0.6 is 11.8 Å². The lowest BCUT2D eigenvalue weighted by atomic mass is 10.2. The van der Waals surface area contributed by atoms with Crippen LogP contribution in [0.1, 0.15) is 26.7 Å². The molecule has 11 heavy (non-hydrogen) atoms. The van der Waals surface area contributed by atoms with Crippen LogP contribution in [0.25, 0.3) is 0 Å². The molecule has 1 nitrogen and oxygen atoms in total. The first-order valence-corrected chi connectivity index (χ1v) is 5.06. The van der Waals surface area contributed by atoms with Crippen molar-refractivity contribution in [3.05, 3.63) is 12.2 Å². The van der Waals surface area contributed by atoms with E-state index >= 15 is 0 Å². The standard InChI is InChI=1S/C9H16OS/c1-4-5-11-7-9(10)6-8(2)3/h2,4-7H2,1,3H3. The molecular formula is C9H16OS. The lowest BCUT2D eigenvalue weighted by Gasteiger charge is -1.98. The normalized spacial score (nSPS) is 9.64. The molecule has 0 saturated carbocycles. The maximum Gasteiger partial charge on any atom is 0.146 e. The third-order valence-corrected chi connectivity index (χ3v) is 2.33. The van der Waals surface area contributed by atoms with Gasteiger partial charge in [0.1, 0.15) is 5.78 Å². The van der Waals surface area contributed by atoms with Crippen molar-refractivity contribution in [2.45, 2.75) is 26.7 Å². The summed E-state index contributed by atoms with van der Waals surface area (Å²) < 4.78 is 0. The van der Waals surface area contributed by atoms with E-state index in [2.05, 4.69) is 13.5 Å². The molecule has 0 aromatic carbocycles. The summed E-state index contributed by atoms with van der Waals surface area (Å²) in [4.78, 5) is 11.0. The Morgan fingerprint density at radius 2 is 2.18 bits per heavy atom. The summed E-state index contributed by atoms with van der Waals surface area (Å²) in [6.45, 7) is 7.71. The Kier molecular flexibility index (Phi) is 6.33. The molecule has 2 heteroatoms. The van der Waals surface area contributed by atoms with E-state index in [-0.39, 0.29) is 0 Å². The number of ketones is 1. The minimum atomic E-state index is 0.302. The van der Waals surface area contributed by atoms with E-state index < -0.39 is 0 Å². The topological polar surface area (TPSA) is 17.1 Å². The van der Waals surface area contributed by atoms with Crippen LogP contribution in [-0.4, -0.2) is 17.3 Å². The van der Waals surface area contributed by atoms with Crippen molar-refractivity contribution >= 4 is 17.5 Å². The molecule has 0 bridgehead atoms. The quantitative estimate of drug-likeness (QED) is 0.452. The SMILES string of the molecule is C=C(C)CC(=O)CSCCC. The first kappa shape index (κ1) is 10.8. The molecule has 0 amide bonds. The Morgan fingerprint density at radius 3 is 2.64 bits per heavy atom. The molecule has 0 saturated heterocycles. The highest BCUT2D eigenvalue weighted by atomic mass is 32.2. The van der Waals surface area contributed by atoms with E-state index in [9.17, 15) is 4.79 Å². The van der Waals surface area contributed by atoms with Crippen LogP contribution in [0, 0.1) is 0 Å². The first-order valence-electron chi connectivity index (χ1n) is 3.90. The lowest BCUT2D eigenvalue weighted by Crippen LogP contribution is -2.01. The smallest absolute Gasteiger partial charge is 0.146 e. The molecular weight excluding hydrogens is 156 g/mol. The number of thioether (sulfide) groups is 1. The van der Waals surface area contributed by atoms with E-state index in [0.29, 0.717) is 18.0 Å². The van der Waals surface area contributed by atoms with Gasteiger partial charge in [-0.25, -0.2) is 0 Å². The molecule has 0 atom stereocenters. The molecule has 0 aliphatic heterocycles. The van der Waals surface area contributed by atoms with Gasteiger partial charge < -0.3 is 0 Å². The van der Waals surface area contributed by atoms with Crippen LogP contribution in [0.15, 0.2) is 12.2 Å². The number of carbonyl (C=O) groups excluding carboxylic acids is 1. The van der Waals surface area contributed by atoms with Crippen molar-refractivity contribution in [2.24, 2.45) is 0 Å². The zero-order valence-electron chi connectivity index (χ0n) is 7.35. The summed E-state index contributed by atoms with van der Waals surface area (Å²) in [7, 11) is 0. The Bertz CT molecular complexity index is 140. The summed E-state index contributed by atoms with van der Waals surface area (Å²) in [5.41, 5.74) is 0.965. The van der Waals surface area contributed by atoms with Crippen molar-refractivity contribution in [2.75, 3.05) is 11.5 Å². The largest absolute Gasteiger partial charge is 0.298 e. The van der Waals surface area contributed by atoms with E-state index in [1.807, 2.05) is 6.92 Å². The monoisotopic (exact) mass is 172 g/mol. The highest BCUT2D eigenvalue weighted by Gasteiger charge is 2.00. The van der Waals surface area contributed by atoms with Gasteiger partial charge in [0.15, 0.2) is 0 Å². The number of hydrogen-bond donors (Lipinski definition) is 0. The number of carbonyl (C=O) groups is 1. The molecule has 0 radical (unpaired) electrons. The van der Waals surface area contributed by atoms with Crippen LogP contribution in [0.4, 0.5) is 0 Å². The van der Waals surface area contributed by atoms with Gasteiger partial charge in [0, 0.05) is 6.42 Å². The van der Waals surface area contributed by atoms with Crippen LogP contribution < -0.4 is 0 Å². The van der Waals surface area contributed by atoms with E-state index in [1.165, 1.54) is 0 Å².